The number of nitrogens with zero attached hydrogens (tertiary/aromatic N) is 1. The molecule has 1 fully saturated rings. The van der Waals surface area contributed by atoms with Crippen LogP contribution in [0.1, 0.15) is 19.4 Å². The molecule has 4 amide bonds. The Morgan fingerprint density at radius 2 is 2.00 bits per heavy atom. The summed E-state index contributed by atoms with van der Waals surface area (Å²) in [6.45, 7) is 4.75. The number of carbonyl (C=O) groups is 3. The number of hydrogen-bond donors (Lipinski definition) is 3. The molecule has 0 aliphatic carbocycles. The highest BCUT2D eigenvalue weighted by molar-refractivity contribution is 9.10. The number of nitrogens with two attached hydrogens (primary N) is 1. The minimum atomic E-state index is -1.06. The van der Waals surface area contributed by atoms with Crippen molar-refractivity contribution in [3.8, 4) is 0 Å². The third-order valence-corrected chi connectivity index (χ3v) is 4.08. The lowest BCUT2D eigenvalue weighted by Crippen LogP contribution is -2.47. The van der Waals surface area contributed by atoms with Crippen molar-refractivity contribution in [3.05, 3.63) is 22.2 Å². The molecule has 126 valence electrons. The van der Waals surface area contributed by atoms with Gasteiger partial charge in [-0.1, -0.05) is 15.9 Å². The number of hydrogen-bond acceptors (Lipinski definition) is 4. The average molecular weight is 406 g/mol. The minimum absolute atomic E-state index is 0. The predicted molar refractivity (Wildman–Crippen MR) is 93.5 cm³/mol. The van der Waals surface area contributed by atoms with E-state index in [1.165, 1.54) is 4.90 Å². The number of nitrogens with one attached hydrogen (secondary N) is 2. The Balaban J connectivity index is 0.00000264. The molecule has 23 heavy (non-hydrogen) atoms. The number of halogens is 2. The lowest BCUT2D eigenvalue weighted by atomic mass is 10.0. The fourth-order valence-corrected chi connectivity index (χ4v) is 2.73. The van der Waals surface area contributed by atoms with Gasteiger partial charge in [-0.2, -0.15) is 0 Å². The SMILES string of the molecule is Cc1cc(Br)cc(NC(=O)CN2C(=O)NC(=O)C2(C)C)c1N.Cl. The van der Waals surface area contributed by atoms with Gasteiger partial charge in [-0.25, -0.2) is 4.79 Å². The van der Waals surface area contributed by atoms with Gasteiger partial charge >= 0.3 is 6.03 Å². The zero-order valence-electron chi connectivity index (χ0n) is 12.9. The Bertz CT molecular complexity index is 678. The zero-order valence-corrected chi connectivity index (χ0v) is 15.3. The normalized spacial score (nSPS) is 15.9. The maximum atomic E-state index is 12.2. The molecule has 0 spiro atoms. The summed E-state index contributed by atoms with van der Waals surface area (Å²) in [6.07, 6.45) is 0. The summed E-state index contributed by atoms with van der Waals surface area (Å²) in [5, 5.41) is 4.86. The van der Waals surface area contributed by atoms with Crippen molar-refractivity contribution in [1.29, 1.82) is 0 Å². The number of rotatable bonds is 3. The number of aryl methyl sites for hydroxylation is 1. The Morgan fingerprint density at radius 1 is 1.39 bits per heavy atom. The third-order valence-electron chi connectivity index (χ3n) is 3.62. The highest BCUT2D eigenvalue weighted by Crippen LogP contribution is 2.28. The van der Waals surface area contributed by atoms with E-state index in [1.54, 1.807) is 19.9 Å². The maximum Gasteiger partial charge on any atom is 0.325 e. The fraction of sp³-hybridized carbons (Fsp3) is 0.357. The molecule has 1 heterocycles. The number of amides is 4. The van der Waals surface area contributed by atoms with E-state index in [2.05, 4.69) is 26.6 Å². The molecule has 0 aromatic heterocycles. The number of imide groups is 1. The molecule has 0 radical (unpaired) electrons. The van der Waals surface area contributed by atoms with Crippen LogP contribution in [0, 0.1) is 6.92 Å². The summed E-state index contributed by atoms with van der Waals surface area (Å²) in [7, 11) is 0. The quantitative estimate of drug-likeness (QED) is 0.528. The Labute approximate surface area is 148 Å². The molecule has 1 aliphatic heterocycles. The van der Waals surface area contributed by atoms with E-state index in [0.717, 1.165) is 10.0 Å². The molecule has 0 bridgehead atoms. The molecule has 0 atom stereocenters. The number of benzene rings is 1. The highest BCUT2D eigenvalue weighted by Gasteiger charge is 2.46. The van der Waals surface area contributed by atoms with E-state index in [4.69, 9.17) is 5.73 Å². The molecule has 2 rings (SSSR count). The Kier molecular flexibility index (Phi) is 5.65. The zero-order chi connectivity index (χ0) is 16.7. The third kappa shape index (κ3) is 3.76. The van der Waals surface area contributed by atoms with Crippen LogP contribution < -0.4 is 16.4 Å². The van der Waals surface area contributed by atoms with Crippen LogP contribution in [0.2, 0.25) is 0 Å². The van der Waals surface area contributed by atoms with Gasteiger partial charge in [-0.15, -0.1) is 12.4 Å². The second-order valence-electron chi connectivity index (χ2n) is 5.64. The van der Waals surface area contributed by atoms with Gasteiger partial charge in [-0.3, -0.25) is 14.9 Å². The van der Waals surface area contributed by atoms with Crippen LogP contribution in [0.4, 0.5) is 16.2 Å². The van der Waals surface area contributed by atoms with Crippen molar-refractivity contribution < 1.29 is 14.4 Å². The standard InChI is InChI=1S/C14H17BrN4O3.ClH/c1-7-4-8(15)5-9(11(7)16)17-10(20)6-19-13(22)18-12(21)14(19,2)3;/h4-5H,6,16H2,1-3H3,(H,17,20)(H,18,21,22);1H. The van der Waals surface area contributed by atoms with E-state index in [9.17, 15) is 14.4 Å². The summed E-state index contributed by atoms with van der Waals surface area (Å²) in [5.41, 5.74) is 6.60. The first-order valence-corrected chi connectivity index (χ1v) is 7.40. The molecule has 1 aromatic carbocycles. The predicted octanol–water partition coefficient (Wildman–Crippen LogP) is 2.03. The molecule has 4 N–H and O–H groups in total. The lowest BCUT2D eigenvalue weighted by Gasteiger charge is -2.27. The van der Waals surface area contributed by atoms with Gasteiger partial charge in [0.25, 0.3) is 5.91 Å². The molecule has 1 aromatic rings. The molecule has 0 unspecified atom stereocenters. The van der Waals surface area contributed by atoms with Gasteiger partial charge in [0.1, 0.15) is 12.1 Å². The second-order valence-corrected chi connectivity index (χ2v) is 6.55. The Hall–Kier alpha value is -1.80. The monoisotopic (exact) mass is 404 g/mol. The van der Waals surface area contributed by atoms with Crippen molar-refractivity contribution >= 4 is 57.6 Å². The van der Waals surface area contributed by atoms with Gasteiger partial charge in [0, 0.05) is 4.47 Å². The van der Waals surface area contributed by atoms with E-state index in [1.807, 2.05) is 13.0 Å². The van der Waals surface area contributed by atoms with Crippen molar-refractivity contribution in [2.75, 3.05) is 17.6 Å². The molecule has 9 heteroatoms. The van der Waals surface area contributed by atoms with Crippen molar-refractivity contribution in [2.24, 2.45) is 0 Å². The molecule has 1 aliphatic rings. The van der Waals surface area contributed by atoms with Crippen LogP contribution in [-0.2, 0) is 9.59 Å². The number of anilines is 2. The number of nitrogen functional groups attached to an aromatic ring is 1. The van der Waals surface area contributed by atoms with Gasteiger partial charge in [0.2, 0.25) is 5.91 Å². The van der Waals surface area contributed by atoms with Gasteiger partial charge in [0.15, 0.2) is 0 Å². The van der Waals surface area contributed by atoms with Crippen LogP contribution >= 0.6 is 28.3 Å². The second kappa shape index (κ2) is 6.76. The van der Waals surface area contributed by atoms with Crippen LogP contribution in [-0.4, -0.2) is 34.8 Å². The molecular weight excluding hydrogens is 388 g/mol. The van der Waals surface area contributed by atoms with Crippen molar-refractivity contribution in [3.63, 3.8) is 0 Å². The summed E-state index contributed by atoms with van der Waals surface area (Å²) in [6, 6.07) is 2.94. The molecule has 7 nitrogen and oxygen atoms in total. The van der Waals surface area contributed by atoms with Crippen LogP contribution in [0.3, 0.4) is 0 Å². The number of urea groups is 1. The first-order chi connectivity index (χ1) is 10.1. The van der Waals surface area contributed by atoms with Gasteiger partial charge in [-0.05, 0) is 38.5 Å². The van der Waals surface area contributed by atoms with E-state index in [-0.39, 0.29) is 19.0 Å². The van der Waals surface area contributed by atoms with E-state index >= 15 is 0 Å². The molecule has 1 saturated heterocycles. The van der Waals surface area contributed by atoms with Crippen LogP contribution in [0.25, 0.3) is 0 Å². The fourth-order valence-electron chi connectivity index (χ4n) is 2.15. The summed E-state index contributed by atoms with van der Waals surface area (Å²) in [4.78, 5) is 36.8. The van der Waals surface area contributed by atoms with Crippen molar-refractivity contribution in [1.82, 2.24) is 10.2 Å². The van der Waals surface area contributed by atoms with Gasteiger partial charge in [0.05, 0.1) is 11.4 Å². The highest BCUT2D eigenvalue weighted by atomic mass is 79.9. The summed E-state index contributed by atoms with van der Waals surface area (Å²) < 4.78 is 0.781. The topological polar surface area (TPSA) is 105 Å². The summed E-state index contributed by atoms with van der Waals surface area (Å²) >= 11 is 3.33. The van der Waals surface area contributed by atoms with Crippen molar-refractivity contribution in [2.45, 2.75) is 26.3 Å². The lowest BCUT2D eigenvalue weighted by molar-refractivity contribution is -0.126. The molecule has 0 saturated carbocycles. The van der Waals surface area contributed by atoms with E-state index < -0.39 is 23.4 Å². The maximum absolute atomic E-state index is 12.2. The van der Waals surface area contributed by atoms with Crippen LogP contribution in [0.15, 0.2) is 16.6 Å². The smallest absolute Gasteiger partial charge is 0.325 e. The van der Waals surface area contributed by atoms with Crippen LogP contribution in [0.5, 0.6) is 0 Å². The first kappa shape index (κ1) is 19.2. The largest absolute Gasteiger partial charge is 0.397 e. The minimum Gasteiger partial charge on any atom is -0.397 e. The number of carbonyl (C=O) groups excluding carboxylic acids is 3. The van der Waals surface area contributed by atoms with Gasteiger partial charge < -0.3 is 16.0 Å². The first-order valence-electron chi connectivity index (χ1n) is 6.61. The molecular formula is C14H18BrClN4O3. The van der Waals surface area contributed by atoms with E-state index in [0.29, 0.717) is 11.4 Å². The summed E-state index contributed by atoms with van der Waals surface area (Å²) in [5.74, 6) is -0.856. The average Bonchev–Trinajstić information content (AvgIpc) is 2.58. The Morgan fingerprint density at radius 3 is 2.52 bits per heavy atom.